The summed E-state index contributed by atoms with van der Waals surface area (Å²) in [5, 5.41) is 8.22. The highest BCUT2D eigenvalue weighted by atomic mass is 16.5. The van der Waals surface area contributed by atoms with Crippen molar-refractivity contribution in [1.29, 1.82) is 0 Å². The lowest BCUT2D eigenvalue weighted by atomic mass is 10.1. The maximum absolute atomic E-state index is 11.9. The number of methoxy groups -OCH3 is 1. The predicted molar refractivity (Wildman–Crippen MR) is 80.5 cm³/mol. The highest BCUT2D eigenvalue weighted by Gasteiger charge is 2.13. The third-order valence-electron chi connectivity index (χ3n) is 2.84. The highest BCUT2D eigenvalue weighted by molar-refractivity contribution is 5.96. The Kier molecular flexibility index (Phi) is 4.61. The van der Waals surface area contributed by atoms with Crippen molar-refractivity contribution < 1.29 is 9.53 Å². The summed E-state index contributed by atoms with van der Waals surface area (Å²) in [6, 6.07) is 8.80. The molecule has 0 spiro atoms. The normalized spacial score (nSPS) is 10.6. The van der Waals surface area contributed by atoms with Gasteiger partial charge in [-0.15, -0.1) is 5.11 Å². The second-order valence-corrected chi connectivity index (χ2v) is 4.49. The minimum Gasteiger partial charge on any atom is -0.465 e. The molecular formula is C15H16N4O2. The molecule has 2 aromatic rings. The van der Waals surface area contributed by atoms with Crippen molar-refractivity contribution in [2.24, 2.45) is 10.2 Å². The molecule has 0 bridgehead atoms. The van der Waals surface area contributed by atoms with E-state index >= 15 is 0 Å². The van der Waals surface area contributed by atoms with Crippen LogP contribution in [-0.4, -0.2) is 32.2 Å². The van der Waals surface area contributed by atoms with E-state index in [9.17, 15) is 4.79 Å². The minimum absolute atomic E-state index is 0.376. The van der Waals surface area contributed by atoms with E-state index in [1.807, 2.05) is 25.1 Å². The van der Waals surface area contributed by atoms with Crippen LogP contribution in [0.5, 0.6) is 0 Å². The van der Waals surface area contributed by atoms with E-state index in [1.165, 1.54) is 7.11 Å². The SMILES string of the molecule is COC(=O)c1cc(N(C)C)ccc1/N=N/c1ccncc1. The average molecular weight is 284 g/mol. The number of hydrogen-bond acceptors (Lipinski definition) is 6. The number of aromatic nitrogens is 1. The summed E-state index contributed by atoms with van der Waals surface area (Å²) in [6.07, 6.45) is 3.26. The van der Waals surface area contributed by atoms with E-state index in [4.69, 9.17) is 4.74 Å². The molecule has 0 amide bonds. The number of esters is 1. The van der Waals surface area contributed by atoms with E-state index in [1.54, 1.807) is 36.7 Å². The maximum Gasteiger partial charge on any atom is 0.340 e. The molecule has 2 rings (SSSR count). The Morgan fingerprint density at radius 3 is 2.48 bits per heavy atom. The zero-order valence-electron chi connectivity index (χ0n) is 12.1. The third kappa shape index (κ3) is 3.62. The molecular weight excluding hydrogens is 268 g/mol. The van der Waals surface area contributed by atoms with E-state index < -0.39 is 5.97 Å². The van der Waals surface area contributed by atoms with Crippen LogP contribution in [0.2, 0.25) is 0 Å². The number of carbonyl (C=O) groups excluding carboxylic acids is 1. The van der Waals surface area contributed by atoms with Crippen molar-refractivity contribution in [2.45, 2.75) is 0 Å². The lowest BCUT2D eigenvalue weighted by molar-refractivity contribution is 0.0601. The number of benzene rings is 1. The zero-order chi connectivity index (χ0) is 15.2. The topological polar surface area (TPSA) is 67.2 Å². The average Bonchev–Trinajstić information content (AvgIpc) is 2.52. The van der Waals surface area contributed by atoms with Gasteiger partial charge in [0.25, 0.3) is 0 Å². The molecule has 6 nitrogen and oxygen atoms in total. The van der Waals surface area contributed by atoms with Crippen LogP contribution >= 0.6 is 0 Å². The number of anilines is 1. The molecule has 1 heterocycles. The second kappa shape index (κ2) is 6.60. The molecule has 6 heteroatoms. The van der Waals surface area contributed by atoms with Crippen LogP contribution in [0.25, 0.3) is 0 Å². The van der Waals surface area contributed by atoms with Gasteiger partial charge < -0.3 is 9.64 Å². The Morgan fingerprint density at radius 1 is 1.14 bits per heavy atom. The molecule has 0 atom stereocenters. The molecule has 0 aliphatic rings. The van der Waals surface area contributed by atoms with Gasteiger partial charge in [0.05, 0.1) is 18.4 Å². The first kappa shape index (κ1) is 14.6. The van der Waals surface area contributed by atoms with Crippen LogP contribution < -0.4 is 4.90 Å². The van der Waals surface area contributed by atoms with Crippen molar-refractivity contribution in [3.8, 4) is 0 Å². The van der Waals surface area contributed by atoms with E-state index in [-0.39, 0.29) is 0 Å². The number of ether oxygens (including phenoxy) is 1. The Balaban J connectivity index is 2.38. The standard InChI is InChI=1S/C15H16N4O2/c1-19(2)12-4-5-14(13(10-12)15(20)21-3)18-17-11-6-8-16-9-7-11/h4-10H,1-3H3/b18-17+. The first-order chi connectivity index (χ1) is 10.1. The van der Waals surface area contributed by atoms with Crippen LogP contribution in [0, 0.1) is 0 Å². The van der Waals surface area contributed by atoms with Crippen molar-refractivity contribution in [3.05, 3.63) is 48.3 Å². The zero-order valence-corrected chi connectivity index (χ0v) is 12.1. The van der Waals surface area contributed by atoms with E-state index in [0.717, 1.165) is 5.69 Å². The van der Waals surface area contributed by atoms with Gasteiger partial charge in [0, 0.05) is 32.2 Å². The van der Waals surface area contributed by atoms with Crippen LogP contribution in [0.3, 0.4) is 0 Å². The fourth-order valence-corrected chi connectivity index (χ4v) is 1.69. The summed E-state index contributed by atoms with van der Waals surface area (Å²) in [7, 11) is 5.14. The Morgan fingerprint density at radius 2 is 1.86 bits per heavy atom. The van der Waals surface area contributed by atoms with Gasteiger partial charge >= 0.3 is 5.97 Å². The number of nitrogens with zero attached hydrogens (tertiary/aromatic N) is 4. The Hall–Kier alpha value is -2.76. The molecule has 0 fully saturated rings. The number of azo groups is 1. The molecule has 0 saturated carbocycles. The molecule has 0 aliphatic carbocycles. The lowest BCUT2D eigenvalue weighted by Crippen LogP contribution is -2.10. The minimum atomic E-state index is -0.442. The number of hydrogen-bond donors (Lipinski definition) is 0. The largest absolute Gasteiger partial charge is 0.465 e. The van der Waals surface area contributed by atoms with Gasteiger partial charge in [0.1, 0.15) is 5.69 Å². The van der Waals surface area contributed by atoms with Gasteiger partial charge in [-0.2, -0.15) is 5.11 Å². The van der Waals surface area contributed by atoms with Gasteiger partial charge in [-0.3, -0.25) is 4.98 Å². The summed E-state index contributed by atoms with van der Waals surface area (Å²) >= 11 is 0. The van der Waals surface area contributed by atoms with Crippen molar-refractivity contribution in [3.63, 3.8) is 0 Å². The summed E-state index contributed by atoms with van der Waals surface area (Å²) in [6.45, 7) is 0. The molecule has 21 heavy (non-hydrogen) atoms. The number of pyridine rings is 1. The van der Waals surface area contributed by atoms with Gasteiger partial charge in [-0.05, 0) is 30.3 Å². The molecule has 0 N–H and O–H groups in total. The molecule has 0 radical (unpaired) electrons. The van der Waals surface area contributed by atoms with E-state index in [2.05, 4.69) is 15.2 Å². The summed E-state index contributed by atoms with van der Waals surface area (Å²) in [4.78, 5) is 17.7. The van der Waals surface area contributed by atoms with Crippen molar-refractivity contribution >= 4 is 23.0 Å². The number of carbonyl (C=O) groups is 1. The molecule has 0 unspecified atom stereocenters. The molecule has 1 aromatic heterocycles. The summed E-state index contributed by atoms with van der Waals surface area (Å²) < 4.78 is 4.79. The van der Waals surface area contributed by atoms with E-state index in [0.29, 0.717) is 16.9 Å². The Labute approximate surface area is 123 Å². The fraction of sp³-hybridized carbons (Fsp3) is 0.200. The van der Waals surface area contributed by atoms with Crippen molar-refractivity contribution in [2.75, 3.05) is 26.1 Å². The maximum atomic E-state index is 11.9. The molecule has 108 valence electrons. The molecule has 0 saturated heterocycles. The number of rotatable bonds is 4. The van der Waals surface area contributed by atoms with Gasteiger partial charge in [-0.25, -0.2) is 4.79 Å². The Bertz CT molecular complexity index is 654. The monoisotopic (exact) mass is 284 g/mol. The molecule has 1 aromatic carbocycles. The summed E-state index contributed by atoms with van der Waals surface area (Å²) in [5.74, 6) is -0.442. The second-order valence-electron chi connectivity index (χ2n) is 4.49. The fourth-order valence-electron chi connectivity index (χ4n) is 1.69. The van der Waals surface area contributed by atoms with Gasteiger partial charge in [-0.1, -0.05) is 0 Å². The van der Waals surface area contributed by atoms with Crippen LogP contribution in [-0.2, 0) is 4.74 Å². The van der Waals surface area contributed by atoms with Crippen LogP contribution in [0.1, 0.15) is 10.4 Å². The quantitative estimate of drug-likeness (QED) is 0.638. The first-order valence-corrected chi connectivity index (χ1v) is 6.33. The van der Waals surface area contributed by atoms with Gasteiger partial charge in [0.15, 0.2) is 0 Å². The first-order valence-electron chi connectivity index (χ1n) is 6.33. The highest BCUT2D eigenvalue weighted by Crippen LogP contribution is 2.27. The lowest BCUT2D eigenvalue weighted by Gasteiger charge is -2.14. The smallest absolute Gasteiger partial charge is 0.340 e. The predicted octanol–water partition coefficient (Wildman–Crippen LogP) is 3.35. The van der Waals surface area contributed by atoms with Crippen molar-refractivity contribution in [1.82, 2.24) is 4.98 Å². The molecule has 0 aliphatic heterocycles. The van der Waals surface area contributed by atoms with Crippen LogP contribution in [0.15, 0.2) is 53.0 Å². The summed E-state index contributed by atoms with van der Waals surface area (Å²) in [5.41, 5.74) is 2.39. The van der Waals surface area contributed by atoms with Gasteiger partial charge in [0.2, 0.25) is 0 Å². The van der Waals surface area contributed by atoms with Crippen LogP contribution in [0.4, 0.5) is 17.1 Å². The third-order valence-corrected chi connectivity index (χ3v) is 2.84.